The maximum Gasteiger partial charge on any atom is 0.416 e. The summed E-state index contributed by atoms with van der Waals surface area (Å²) in [6, 6.07) is 4.24. The van der Waals surface area contributed by atoms with Gasteiger partial charge in [0, 0.05) is 5.56 Å². The molecule has 1 heterocycles. The standard InChI is InChI=1S/C9H6F3N3O/c10-9(11,12)6-3-1-5(2-4-6)7-14-15-8(13)16-7/h1-4H,(H2,13,15). The van der Waals surface area contributed by atoms with Gasteiger partial charge < -0.3 is 10.2 Å². The number of aromatic nitrogens is 2. The quantitative estimate of drug-likeness (QED) is 0.815. The van der Waals surface area contributed by atoms with Crippen LogP contribution in [-0.4, -0.2) is 10.2 Å². The summed E-state index contributed by atoms with van der Waals surface area (Å²) >= 11 is 0. The zero-order valence-electron chi connectivity index (χ0n) is 7.82. The Balaban J connectivity index is 2.33. The first-order chi connectivity index (χ1) is 7.47. The van der Waals surface area contributed by atoms with E-state index in [1.807, 2.05) is 0 Å². The summed E-state index contributed by atoms with van der Waals surface area (Å²) in [6.07, 6.45) is -4.35. The minimum absolute atomic E-state index is 0.0891. The molecule has 84 valence electrons. The second-order valence-corrected chi connectivity index (χ2v) is 3.02. The number of rotatable bonds is 1. The molecule has 0 aliphatic carbocycles. The van der Waals surface area contributed by atoms with Crippen molar-refractivity contribution < 1.29 is 17.6 Å². The van der Waals surface area contributed by atoms with Crippen LogP contribution in [0.1, 0.15) is 5.56 Å². The van der Waals surface area contributed by atoms with Gasteiger partial charge in [0.25, 0.3) is 0 Å². The fraction of sp³-hybridized carbons (Fsp3) is 0.111. The number of nitrogen functional groups attached to an aromatic ring is 1. The van der Waals surface area contributed by atoms with Crippen LogP contribution in [0, 0.1) is 0 Å². The SMILES string of the molecule is Nc1nnc(-c2ccc(C(F)(F)F)cc2)o1. The van der Waals surface area contributed by atoms with Crippen LogP contribution < -0.4 is 5.73 Å². The summed E-state index contributed by atoms with van der Waals surface area (Å²) < 4.78 is 41.6. The van der Waals surface area contributed by atoms with Gasteiger partial charge in [0.1, 0.15) is 0 Å². The molecule has 1 aromatic carbocycles. The Morgan fingerprint density at radius 2 is 1.69 bits per heavy atom. The summed E-state index contributed by atoms with van der Waals surface area (Å²) in [7, 11) is 0. The molecule has 0 unspecified atom stereocenters. The Bertz CT molecular complexity index is 489. The average molecular weight is 229 g/mol. The highest BCUT2D eigenvalue weighted by Gasteiger charge is 2.30. The zero-order chi connectivity index (χ0) is 11.8. The maximum atomic E-state index is 12.3. The average Bonchev–Trinajstić information content (AvgIpc) is 2.64. The molecular formula is C9H6F3N3O. The molecule has 1 aromatic heterocycles. The van der Waals surface area contributed by atoms with Crippen molar-refractivity contribution in [2.75, 3.05) is 5.73 Å². The van der Waals surface area contributed by atoms with Crippen LogP contribution in [0.25, 0.3) is 11.5 Å². The predicted octanol–water partition coefficient (Wildman–Crippen LogP) is 2.34. The highest BCUT2D eigenvalue weighted by Crippen LogP contribution is 2.30. The first-order valence-electron chi connectivity index (χ1n) is 4.23. The Labute approximate surface area is 87.9 Å². The number of hydrogen-bond donors (Lipinski definition) is 1. The summed E-state index contributed by atoms with van der Waals surface area (Å²) in [5.74, 6) is 0.0891. The largest absolute Gasteiger partial charge is 0.416 e. The van der Waals surface area contributed by atoms with E-state index in [0.29, 0.717) is 5.56 Å². The maximum absolute atomic E-state index is 12.3. The molecule has 16 heavy (non-hydrogen) atoms. The van der Waals surface area contributed by atoms with Crippen LogP contribution in [0.15, 0.2) is 28.7 Å². The lowest BCUT2D eigenvalue weighted by Crippen LogP contribution is -2.03. The van der Waals surface area contributed by atoms with Gasteiger partial charge in [-0.25, -0.2) is 0 Å². The number of alkyl halides is 3. The van der Waals surface area contributed by atoms with Crippen molar-refractivity contribution in [2.45, 2.75) is 6.18 Å². The van der Waals surface area contributed by atoms with Crippen molar-refractivity contribution in [3.05, 3.63) is 29.8 Å². The van der Waals surface area contributed by atoms with E-state index in [4.69, 9.17) is 10.2 Å². The van der Waals surface area contributed by atoms with Gasteiger partial charge in [0.15, 0.2) is 0 Å². The molecule has 0 bridgehead atoms. The lowest BCUT2D eigenvalue weighted by atomic mass is 10.1. The number of nitrogens with two attached hydrogens (primary N) is 1. The van der Waals surface area contributed by atoms with Crippen molar-refractivity contribution in [1.82, 2.24) is 10.2 Å². The molecule has 0 atom stereocenters. The molecule has 7 heteroatoms. The number of halogens is 3. The predicted molar refractivity (Wildman–Crippen MR) is 49.1 cm³/mol. The van der Waals surface area contributed by atoms with E-state index in [1.165, 1.54) is 12.1 Å². The number of benzene rings is 1. The minimum Gasteiger partial charge on any atom is -0.404 e. The molecule has 0 aliphatic heterocycles. The molecule has 0 fully saturated rings. The summed E-state index contributed by atoms with van der Waals surface area (Å²) in [4.78, 5) is 0. The van der Waals surface area contributed by atoms with Crippen LogP contribution in [0.5, 0.6) is 0 Å². The van der Waals surface area contributed by atoms with Crippen molar-refractivity contribution in [3.63, 3.8) is 0 Å². The number of hydrogen-bond acceptors (Lipinski definition) is 4. The molecule has 2 aromatic rings. The second-order valence-electron chi connectivity index (χ2n) is 3.02. The van der Waals surface area contributed by atoms with Gasteiger partial charge >= 0.3 is 12.2 Å². The Morgan fingerprint density at radius 1 is 1.06 bits per heavy atom. The van der Waals surface area contributed by atoms with E-state index in [2.05, 4.69) is 10.2 Å². The fourth-order valence-electron chi connectivity index (χ4n) is 1.15. The van der Waals surface area contributed by atoms with Crippen molar-refractivity contribution in [2.24, 2.45) is 0 Å². The molecule has 2 rings (SSSR count). The molecule has 0 amide bonds. The van der Waals surface area contributed by atoms with E-state index in [9.17, 15) is 13.2 Å². The first-order valence-corrected chi connectivity index (χ1v) is 4.23. The molecule has 0 aliphatic rings. The van der Waals surface area contributed by atoms with Crippen LogP contribution >= 0.6 is 0 Å². The third-order valence-electron chi connectivity index (χ3n) is 1.90. The number of anilines is 1. The third-order valence-corrected chi connectivity index (χ3v) is 1.90. The summed E-state index contributed by atoms with van der Waals surface area (Å²) in [6.45, 7) is 0. The molecular weight excluding hydrogens is 223 g/mol. The lowest BCUT2D eigenvalue weighted by Gasteiger charge is -2.05. The topological polar surface area (TPSA) is 64.9 Å². The second kappa shape index (κ2) is 3.51. The van der Waals surface area contributed by atoms with Gasteiger partial charge in [0.2, 0.25) is 5.89 Å². The van der Waals surface area contributed by atoms with Crippen LogP contribution in [-0.2, 0) is 6.18 Å². The Hall–Kier alpha value is -2.05. The molecule has 4 nitrogen and oxygen atoms in total. The van der Waals surface area contributed by atoms with Crippen molar-refractivity contribution >= 4 is 6.01 Å². The van der Waals surface area contributed by atoms with E-state index in [1.54, 1.807) is 0 Å². The van der Waals surface area contributed by atoms with Gasteiger partial charge in [-0.05, 0) is 24.3 Å². The third kappa shape index (κ3) is 1.97. The Morgan fingerprint density at radius 3 is 2.12 bits per heavy atom. The molecule has 0 saturated carbocycles. The normalized spacial score (nSPS) is 11.7. The zero-order valence-corrected chi connectivity index (χ0v) is 7.82. The highest BCUT2D eigenvalue weighted by molar-refractivity contribution is 5.53. The monoisotopic (exact) mass is 229 g/mol. The van der Waals surface area contributed by atoms with Gasteiger partial charge in [0.05, 0.1) is 5.56 Å². The Kier molecular flexibility index (Phi) is 2.30. The van der Waals surface area contributed by atoms with Crippen molar-refractivity contribution in [1.29, 1.82) is 0 Å². The van der Waals surface area contributed by atoms with Gasteiger partial charge in [-0.2, -0.15) is 13.2 Å². The van der Waals surface area contributed by atoms with E-state index in [-0.39, 0.29) is 11.9 Å². The number of nitrogens with zero attached hydrogens (tertiary/aromatic N) is 2. The molecule has 0 spiro atoms. The van der Waals surface area contributed by atoms with Crippen LogP contribution in [0.4, 0.5) is 19.2 Å². The van der Waals surface area contributed by atoms with Crippen molar-refractivity contribution in [3.8, 4) is 11.5 Å². The van der Waals surface area contributed by atoms with E-state index >= 15 is 0 Å². The minimum atomic E-state index is -4.35. The molecule has 2 N–H and O–H groups in total. The van der Waals surface area contributed by atoms with Crippen LogP contribution in [0.3, 0.4) is 0 Å². The lowest BCUT2D eigenvalue weighted by molar-refractivity contribution is -0.137. The van der Waals surface area contributed by atoms with Gasteiger partial charge in [-0.3, -0.25) is 0 Å². The van der Waals surface area contributed by atoms with E-state index < -0.39 is 11.7 Å². The van der Waals surface area contributed by atoms with Gasteiger partial charge in [-0.15, -0.1) is 5.10 Å². The summed E-state index contributed by atoms with van der Waals surface area (Å²) in [5, 5.41) is 6.96. The summed E-state index contributed by atoms with van der Waals surface area (Å²) in [5.41, 5.74) is 4.85. The first kappa shape index (κ1) is 10.5. The van der Waals surface area contributed by atoms with Crippen LogP contribution in [0.2, 0.25) is 0 Å². The van der Waals surface area contributed by atoms with Gasteiger partial charge in [-0.1, -0.05) is 5.10 Å². The molecule has 0 radical (unpaired) electrons. The molecule has 0 saturated heterocycles. The van der Waals surface area contributed by atoms with E-state index in [0.717, 1.165) is 12.1 Å². The fourth-order valence-corrected chi connectivity index (χ4v) is 1.15. The smallest absolute Gasteiger partial charge is 0.404 e. The highest BCUT2D eigenvalue weighted by atomic mass is 19.4.